The van der Waals surface area contributed by atoms with Gasteiger partial charge in [-0.15, -0.1) is 0 Å². The van der Waals surface area contributed by atoms with Gasteiger partial charge in [0.05, 0.1) is 12.1 Å². The zero-order chi connectivity index (χ0) is 16.6. The van der Waals surface area contributed by atoms with Crippen LogP contribution in [0.15, 0.2) is 30.6 Å². The molecule has 1 amide bonds. The third-order valence-corrected chi connectivity index (χ3v) is 4.38. The van der Waals surface area contributed by atoms with Crippen molar-refractivity contribution >= 4 is 22.6 Å². The molecule has 0 saturated carbocycles. The predicted molar refractivity (Wildman–Crippen MR) is 95.9 cm³/mol. The maximum Gasteiger partial charge on any atom is 0.239 e. The fourth-order valence-corrected chi connectivity index (χ4v) is 3.07. The first-order valence-corrected chi connectivity index (χ1v) is 8.75. The Morgan fingerprint density at radius 1 is 1.12 bits per heavy atom. The number of carbonyl (C=O) groups is 1. The van der Waals surface area contributed by atoms with Gasteiger partial charge in [0, 0.05) is 11.9 Å². The molecule has 2 N–H and O–H groups in total. The Kier molecular flexibility index (Phi) is 5.96. The molecule has 0 bridgehead atoms. The Morgan fingerprint density at radius 3 is 2.83 bits per heavy atom. The lowest BCUT2D eigenvalue weighted by Crippen LogP contribution is -2.31. The van der Waals surface area contributed by atoms with Crippen molar-refractivity contribution in [1.82, 2.24) is 20.2 Å². The van der Waals surface area contributed by atoms with Crippen molar-refractivity contribution in [3.8, 4) is 0 Å². The van der Waals surface area contributed by atoms with Gasteiger partial charge in [-0.25, -0.2) is 9.97 Å². The Hall–Kier alpha value is -2.21. The summed E-state index contributed by atoms with van der Waals surface area (Å²) in [6.45, 7) is 4.60. The normalized spacial score (nSPS) is 14.8. The summed E-state index contributed by atoms with van der Waals surface area (Å²) in [5, 5.41) is 6.99. The number of anilines is 1. The maximum atomic E-state index is 11.9. The van der Waals surface area contributed by atoms with E-state index >= 15 is 0 Å². The van der Waals surface area contributed by atoms with Crippen LogP contribution in [0.1, 0.15) is 25.7 Å². The average molecular weight is 327 g/mol. The van der Waals surface area contributed by atoms with Crippen LogP contribution in [0.4, 0.5) is 5.82 Å². The number of likely N-dealkylation sites (tertiary alicyclic amines) is 1. The highest BCUT2D eigenvalue weighted by Gasteiger charge is 2.10. The second-order valence-electron chi connectivity index (χ2n) is 6.20. The van der Waals surface area contributed by atoms with Gasteiger partial charge >= 0.3 is 0 Å². The van der Waals surface area contributed by atoms with Crippen molar-refractivity contribution in [2.24, 2.45) is 0 Å². The number of rotatable bonds is 8. The minimum Gasteiger partial charge on any atom is -0.360 e. The van der Waals surface area contributed by atoms with Crippen molar-refractivity contribution in [1.29, 1.82) is 0 Å². The molecule has 1 saturated heterocycles. The van der Waals surface area contributed by atoms with E-state index < -0.39 is 0 Å². The van der Waals surface area contributed by atoms with E-state index in [4.69, 9.17) is 0 Å². The molecule has 1 aromatic heterocycles. The molecule has 0 aliphatic carbocycles. The summed E-state index contributed by atoms with van der Waals surface area (Å²) in [6, 6.07) is 7.77. The van der Waals surface area contributed by atoms with Crippen molar-refractivity contribution < 1.29 is 4.79 Å². The lowest BCUT2D eigenvalue weighted by Gasteiger charge is -2.14. The van der Waals surface area contributed by atoms with Crippen LogP contribution in [-0.4, -0.2) is 53.5 Å². The van der Waals surface area contributed by atoms with Crippen LogP contribution >= 0.6 is 0 Å². The third kappa shape index (κ3) is 4.64. The van der Waals surface area contributed by atoms with Crippen LogP contribution in [-0.2, 0) is 4.79 Å². The first kappa shape index (κ1) is 16.6. The zero-order valence-corrected chi connectivity index (χ0v) is 14.0. The van der Waals surface area contributed by atoms with Crippen LogP contribution < -0.4 is 10.6 Å². The number of hydrogen-bond acceptors (Lipinski definition) is 5. The number of amides is 1. The van der Waals surface area contributed by atoms with Crippen molar-refractivity contribution in [3.63, 3.8) is 0 Å². The Labute approximate surface area is 142 Å². The van der Waals surface area contributed by atoms with Gasteiger partial charge in [0.15, 0.2) is 0 Å². The molecule has 0 radical (unpaired) electrons. The van der Waals surface area contributed by atoms with E-state index in [1.807, 2.05) is 24.3 Å². The monoisotopic (exact) mass is 327 g/mol. The summed E-state index contributed by atoms with van der Waals surface area (Å²) in [5.74, 6) is 0.698. The molecule has 0 spiro atoms. The van der Waals surface area contributed by atoms with Crippen LogP contribution in [0, 0.1) is 0 Å². The van der Waals surface area contributed by atoms with Crippen LogP contribution in [0.5, 0.6) is 0 Å². The van der Waals surface area contributed by atoms with Crippen molar-refractivity contribution in [3.05, 3.63) is 30.6 Å². The first-order chi connectivity index (χ1) is 11.8. The second-order valence-corrected chi connectivity index (χ2v) is 6.20. The standard InChI is InChI=1S/C18H25N5O/c24-17(19-9-3-4-10-23-11-5-6-12-23)13-20-18-15-7-1-2-8-16(15)21-14-22-18/h1-2,7-8,14H,3-6,9-13H2,(H,19,24)(H,20,21,22). The van der Waals surface area contributed by atoms with E-state index in [2.05, 4.69) is 25.5 Å². The van der Waals surface area contributed by atoms with E-state index in [-0.39, 0.29) is 12.5 Å². The molecule has 3 rings (SSSR count). The molecule has 1 aliphatic rings. The Balaban J connectivity index is 1.36. The van der Waals surface area contributed by atoms with Gasteiger partial charge in [0.25, 0.3) is 0 Å². The van der Waals surface area contributed by atoms with E-state index in [0.717, 1.165) is 36.8 Å². The van der Waals surface area contributed by atoms with Gasteiger partial charge in [-0.1, -0.05) is 12.1 Å². The number of hydrogen-bond donors (Lipinski definition) is 2. The van der Waals surface area contributed by atoms with Gasteiger partial charge in [-0.05, 0) is 57.5 Å². The topological polar surface area (TPSA) is 70.1 Å². The van der Waals surface area contributed by atoms with E-state index in [1.165, 1.54) is 32.3 Å². The van der Waals surface area contributed by atoms with Gasteiger partial charge in [0.2, 0.25) is 5.91 Å². The Bertz CT molecular complexity index is 664. The maximum absolute atomic E-state index is 11.9. The van der Waals surface area contributed by atoms with Gasteiger partial charge < -0.3 is 15.5 Å². The Morgan fingerprint density at radius 2 is 1.96 bits per heavy atom. The molecular weight excluding hydrogens is 302 g/mol. The predicted octanol–water partition coefficient (Wildman–Crippen LogP) is 2.03. The summed E-state index contributed by atoms with van der Waals surface area (Å²) in [7, 11) is 0. The van der Waals surface area contributed by atoms with E-state index in [0.29, 0.717) is 5.82 Å². The van der Waals surface area contributed by atoms with Gasteiger partial charge in [-0.3, -0.25) is 4.79 Å². The lowest BCUT2D eigenvalue weighted by atomic mass is 10.2. The van der Waals surface area contributed by atoms with Crippen molar-refractivity contribution in [2.45, 2.75) is 25.7 Å². The number of nitrogens with zero attached hydrogens (tertiary/aromatic N) is 3. The molecule has 0 unspecified atom stereocenters. The molecular formula is C18H25N5O. The molecule has 1 aromatic carbocycles. The summed E-state index contributed by atoms with van der Waals surface area (Å²) in [5.41, 5.74) is 0.873. The number of nitrogens with one attached hydrogen (secondary N) is 2. The zero-order valence-electron chi connectivity index (χ0n) is 14.0. The van der Waals surface area contributed by atoms with Gasteiger partial charge in [-0.2, -0.15) is 0 Å². The molecule has 2 heterocycles. The summed E-state index contributed by atoms with van der Waals surface area (Å²) < 4.78 is 0. The highest BCUT2D eigenvalue weighted by Crippen LogP contribution is 2.17. The van der Waals surface area contributed by atoms with Crippen LogP contribution in [0.25, 0.3) is 10.9 Å². The van der Waals surface area contributed by atoms with Gasteiger partial charge in [0.1, 0.15) is 12.1 Å². The van der Waals surface area contributed by atoms with E-state index in [1.54, 1.807) is 0 Å². The minimum atomic E-state index is -0.00105. The molecule has 24 heavy (non-hydrogen) atoms. The minimum absolute atomic E-state index is 0.00105. The highest BCUT2D eigenvalue weighted by molar-refractivity contribution is 5.90. The molecule has 128 valence electrons. The molecule has 0 atom stereocenters. The molecule has 1 fully saturated rings. The highest BCUT2D eigenvalue weighted by atomic mass is 16.1. The SMILES string of the molecule is O=C(CNc1ncnc2ccccc12)NCCCCN1CCCC1. The summed E-state index contributed by atoms with van der Waals surface area (Å²) >= 11 is 0. The molecule has 1 aliphatic heterocycles. The molecule has 2 aromatic rings. The quantitative estimate of drug-likeness (QED) is 0.726. The number of aromatic nitrogens is 2. The number of benzene rings is 1. The summed E-state index contributed by atoms with van der Waals surface area (Å²) in [4.78, 5) is 22.9. The van der Waals surface area contributed by atoms with Crippen LogP contribution in [0.3, 0.4) is 0 Å². The lowest BCUT2D eigenvalue weighted by molar-refractivity contribution is -0.119. The molecule has 6 heteroatoms. The number of fused-ring (bicyclic) bond motifs is 1. The smallest absolute Gasteiger partial charge is 0.239 e. The second kappa shape index (κ2) is 8.59. The summed E-state index contributed by atoms with van der Waals surface area (Å²) in [6.07, 6.45) is 6.35. The largest absolute Gasteiger partial charge is 0.360 e. The fraction of sp³-hybridized carbons (Fsp3) is 0.500. The third-order valence-electron chi connectivity index (χ3n) is 4.38. The fourth-order valence-electron chi connectivity index (χ4n) is 3.07. The molecule has 6 nitrogen and oxygen atoms in total. The van der Waals surface area contributed by atoms with E-state index in [9.17, 15) is 4.79 Å². The average Bonchev–Trinajstić information content (AvgIpc) is 3.13. The number of carbonyl (C=O) groups excluding carboxylic acids is 1. The number of unbranched alkanes of at least 4 members (excludes halogenated alkanes) is 1. The number of para-hydroxylation sites is 1. The van der Waals surface area contributed by atoms with Crippen molar-refractivity contribution in [2.75, 3.05) is 38.0 Å². The first-order valence-electron chi connectivity index (χ1n) is 8.75. The van der Waals surface area contributed by atoms with Crippen LogP contribution in [0.2, 0.25) is 0 Å².